The molecule has 0 spiro atoms. The molecule has 1 aliphatic carbocycles. The molecule has 1 aliphatic rings. The van der Waals surface area contributed by atoms with Crippen molar-refractivity contribution < 1.29 is 22.7 Å². The van der Waals surface area contributed by atoms with Crippen LogP contribution in [0.5, 0.6) is 5.75 Å². The van der Waals surface area contributed by atoms with Crippen molar-refractivity contribution in [1.29, 1.82) is 0 Å². The fraction of sp³-hybridized carbons (Fsp3) is 0.632. The van der Waals surface area contributed by atoms with Crippen molar-refractivity contribution in [3.8, 4) is 5.75 Å². The SMILES string of the molecule is CC(CNC(=O)[C@@H](N)CC1CCCCC1)Nc1ccc(OC(F)(F)F)cc1. The number of hydrogen-bond acceptors (Lipinski definition) is 4. The van der Waals surface area contributed by atoms with E-state index in [4.69, 9.17) is 5.73 Å². The zero-order valence-electron chi connectivity index (χ0n) is 15.5. The normalized spacial score (nSPS) is 17.8. The molecule has 0 heterocycles. The largest absolute Gasteiger partial charge is 0.573 e. The van der Waals surface area contributed by atoms with Gasteiger partial charge in [-0.25, -0.2) is 0 Å². The highest BCUT2D eigenvalue weighted by Crippen LogP contribution is 2.27. The Balaban J connectivity index is 1.71. The number of nitrogens with one attached hydrogen (secondary N) is 2. The number of rotatable bonds is 8. The summed E-state index contributed by atoms with van der Waals surface area (Å²) in [7, 11) is 0. The maximum absolute atomic E-state index is 12.2. The zero-order chi connectivity index (χ0) is 19.9. The second-order valence-electron chi connectivity index (χ2n) is 7.21. The summed E-state index contributed by atoms with van der Waals surface area (Å²) in [5.41, 5.74) is 6.65. The first-order valence-electron chi connectivity index (χ1n) is 9.38. The molecule has 0 radical (unpaired) electrons. The zero-order valence-corrected chi connectivity index (χ0v) is 15.5. The van der Waals surface area contributed by atoms with E-state index in [0.717, 1.165) is 12.8 Å². The van der Waals surface area contributed by atoms with Crippen molar-refractivity contribution in [2.75, 3.05) is 11.9 Å². The summed E-state index contributed by atoms with van der Waals surface area (Å²) in [6, 6.07) is 4.86. The van der Waals surface area contributed by atoms with E-state index in [1.807, 2.05) is 6.92 Å². The van der Waals surface area contributed by atoms with Crippen molar-refractivity contribution >= 4 is 11.6 Å². The molecule has 1 amide bonds. The van der Waals surface area contributed by atoms with Crippen LogP contribution in [-0.2, 0) is 4.79 Å². The standard InChI is InChI=1S/C19H28F3N3O2/c1-13(25-15-7-9-16(10-8-15)27-19(20,21)22)12-24-18(26)17(23)11-14-5-3-2-4-6-14/h7-10,13-14,17,25H,2-6,11-12,23H2,1H3,(H,24,26)/t13?,17-/m0/s1. The van der Waals surface area contributed by atoms with Crippen LogP contribution in [0, 0.1) is 5.92 Å². The Labute approximate surface area is 157 Å². The summed E-state index contributed by atoms with van der Waals surface area (Å²) in [5, 5.41) is 5.95. The van der Waals surface area contributed by atoms with Gasteiger partial charge >= 0.3 is 6.36 Å². The number of anilines is 1. The maximum Gasteiger partial charge on any atom is 0.573 e. The Morgan fingerprint density at radius 2 is 1.85 bits per heavy atom. The van der Waals surface area contributed by atoms with E-state index in [0.29, 0.717) is 24.6 Å². The first-order valence-corrected chi connectivity index (χ1v) is 9.38. The Bertz CT molecular complexity index is 587. The molecule has 8 heteroatoms. The Kier molecular flexibility index (Phi) is 7.77. The Hall–Kier alpha value is -1.96. The lowest BCUT2D eigenvalue weighted by Crippen LogP contribution is -2.45. The lowest BCUT2D eigenvalue weighted by molar-refractivity contribution is -0.274. The van der Waals surface area contributed by atoms with Gasteiger partial charge in [0, 0.05) is 18.3 Å². The number of carbonyl (C=O) groups is 1. The molecule has 2 rings (SSSR count). The smallest absolute Gasteiger partial charge is 0.406 e. The van der Waals surface area contributed by atoms with Crippen molar-refractivity contribution in [3.63, 3.8) is 0 Å². The second-order valence-corrected chi connectivity index (χ2v) is 7.21. The highest BCUT2D eigenvalue weighted by molar-refractivity contribution is 5.81. The van der Waals surface area contributed by atoms with Gasteiger partial charge in [-0.15, -0.1) is 13.2 Å². The minimum atomic E-state index is -4.71. The van der Waals surface area contributed by atoms with E-state index in [1.165, 1.54) is 43.5 Å². The Morgan fingerprint density at radius 1 is 1.22 bits per heavy atom. The van der Waals surface area contributed by atoms with Gasteiger partial charge in [0.1, 0.15) is 5.75 Å². The van der Waals surface area contributed by atoms with E-state index in [9.17, 15) is 18.0 Å². The molecule has 4 N–H and O–H groups in total. The van der Waals surface area contributed by atoms with Gasteiger partial charge in [-0.2, -0.15) is 0 Å². The summed E-state index contributed by atoms with van der Waals surface area (Å²) >= 11 is 0. The molecule has 0 aliphatic heterocycles. The van der Waals surface area contributed by atoms with Gasteiger partial charge in [-0.1, -0.05) is 32.1 Å². The first kappa shape index (κ1) is 21.3. The highest BCUT2D eigenvalue weighted by Gasteiger charge is 2.31. The van der Waals surface area contributed by atoms with Crippen molar-refractivity contribution in [1.82, 2.24) is 5.32 Å². The third-order valence-electron chi connectivity index (χ3n) is 4.73. The molecule has 0 bridgehead atoms. The number of alkyl halides is 3. The molecule has 1 fully saturated rings. The van der Waals surface area contributed by atoms with Crippen molar-refractivity contribution in [2.45, 2.75) is 63.9 Å². The van der Waals surface area contributed by atoms with Crippen LogP contribution in [-0.4, -0.2) is 30.9 Å². The number of carbonyl (C=O) groups excluding carboxylic acids is 1. The van der Waals surface area contributed by atoms with E-state index < -0.39 is 12.4 Å². The predicted octanol–water partition coefficient (Wildman–Crippen LogP) is 3.80. The predicted molar refractivity (Wildman–Crippen MR) is 98.4 cm³/mol. The highest BCUT2D eigenvalue weighted by atomic mass is 19.4. The van der Waals surface area contributed by atoms with Crippen LogP contribution in [0.25, 0.3) is 0 Å². The van der Waals surface area contributed by atoms with Gasteiger partial charge in [0.05, 0.1) is 6.04 Å². The average molecular weight is 387 g/mol. The molecular weight excluding hydrogens is 359 g/mol. The van der Waals surface area contributed by atoms with Crippen LogP contribution < -0.4 is 21.1 Å². The van der Waals surface area contributed by atoms with Crippen LogP contribution in [0.1, 0.15) is 45.4 Å². The van der Waals surface area contributed by atoms with Crippen LogP contribution in [0.3, 0.4) is 0 Å². The number of benzene rings is 1. The molecule has 0 saturated heterocycles. The Morgan fingerprint density at radius 3 is 2.44 bits per heavy atom. The minimum absolute atomic E-state index is 0.106. The number of ether oxygens (including phenoxy) is 1. The molecule has 1 aromatic carbocycles. The number of hydrogen-bond donors (Lipinski definition) is 3. The summed E-state index contributed by atoms with van der Waals surface area (Å²) in [4.78, 5) is 12.2. The fourth-order valence-electron chi connectivity index (χ4n) is 3.36. The number of nitrogens with two attached hydrogens (primary N) is 1. The van der Waals surface area contributed by atoms with Gasteiger partial charge in [0.25, 0.3) is 0 Å². The average Bonchev–Trinajstić information content (AvgIpc) is 2.61. The minimum Gasteiger partial charge on any atom is -0.406 e. The summed E-state index contributed by atoms with van der Waals surface area (Å²) in [6.45, 7) is 2.24. The van der Waals surface area contributed by atoms with Gasteiger partial charge in [-0.3, -0.25) is 4.79 Å². The molecule has 152 valence electrons. The van der Waals surface area contributed by atoms with Gasteiger partial charge in [0.15, 0.2) is 0 Å². The third-order valence-corrected chi connectivity index (χ3v) is 4.73. The lowest BCUT2D eigenvalue weighted by atomic mass is 9.85. The maximum atomic E-state index is 12.2. The molecule has 5 nitrogen and oxygen atoms in total. The number of amides is 1. The van der Waals surface area contributed by atoms with Crippen LogP contribution in [0.4, 0.5) is 18.9 Å². The van der Waals surface area contributed by atoms with E-state index in [-0.39, 0.29) is 17.7 Å². The fourth-order valence-corrected chi connectivity index (χ4v) is 3.36. The quantitative estimate of drug-likeness (QED) is 0.634. The molecule has 27 heavy (non-hydrogen) atoms. The molecule has 1 saturated carbocycles. The molecule has 0 aromatic heterocycles. The van der Waals surface area contributed by atoms with Gasteiger partial charge in [-0.05, 0) is 43.5 Å². The molecule has 2 atom stereocenters. The monoisotopic (exact) mass is 387 g/mol. The van der Waals surface area contributed by atoms with Crippen LogP contribution in [0.15, 0.2) is 24.3 Å². The summed E-state index contributed by atoms with van der Waals surface area (Å²) in [6.07, 6.45) is 2.00. The number of halogens is 3. The van der Waals surface area contributed by atoms with Crippen LogP contribution >= 0.6 is 0 Å². The molecular formula is C19H28F3N3O2. The van der Waals surface area contributed by atoms with Gasteiger partial charge in [0.2, 0.25) is 5.91 Å². The van der Waals surface area contributed by atoms with Crippen LogP contribution in [0.2, 0.25) is 0 Å². The van der Waals surface area contributed by atoms with Gasteiger partial charge < -0.3 is 21.1 Å². The second kappa shape index (κ2) is 9.82. The van der Waals surface area contributed by atoms with E-state index in [1.54, 1.807) is 0 Å². The molecule has 1 aromatic rings. The summed E-state index contributed by atoms with van der Waals surface area (Å²) in [5.74, 6) is 0.0957. The van der Waals surface area contributed by atoms with Crippen molar-refractivity contribution in [3.05, 3.63) is 24.3 Å². The first-order chi connectivity index (χ1) is 12.7. The van der Waals surface area contributed by atoms with Crippen molar-refractivity contribution in [2.24, 2.45) is 11.7 Å². The van der Waals surface area contributed by atoms with E-state index in [2.05, 4.69) is 15.4 Å². The summed E-state index contributed by atoms with van der Waals surface area (Å²) < 4.78 is 40.3. The van der Waals surface area contributed by atoms with E-state index >= 15 is 0 Å². The topological polar surface area (TPSA) is 76.4 Å². The lowest BCUT2D eigenvalue weighted by Gasteiger charge is -2.24. The third kappa shape index (κ3) is 8.07. The molecule has 1 unspecified atom stereocenters.